The summed E-state index contributed by atoms with van der Waals surface area (Å²) in [6.45, 7) is 3.15. The van der Waals surface area contributed by atoms with Gasteiger partial charge in [0, 0.05) is 31.6 Å². The number of furan rings is 1. The standard InChI is InChI=1S/C18H21N3O3/c1-2-19-18(23)21-10-9-13-5-6-14(12-16(13)21)20-17(22)8-7-15-4-3-11-24-15/h3-6,11-12H,2,7-10H2,1H3,(H,19,23)(H,20,22). The first-order valence-corrected chi connectivity index (χ1v) is 8.18. The number of carbonyl (C=O) groups is 2. The number of nitrogens with one attached hydrogen (secondary N) is 2. The van der Waals surface area contributed by atoms with Crippen LogP contribution in [-0.2, 0) is 17.6 Å². The van der Waals surface area contributed by atoms with Gasteiger partial charge in [-0.15, -0.1) is 0 Å². The Morgan fingerprint density at radius 2 is 2.17 bits per heavy atom. The summed E-state index contributed by atoms with van der Waals surface area (Å²) in [6.07, 6.45) is 3.35. The van der Waals surface area contributed by atoms with Gasteiger partial charge in [-0.3, -0.25) is 9.69 Å². The van der Waals surface area contributed by atoms with Crippen LogP contribution in [-0.4, -0.2) is 25.0 Å². The molecule has 1 aliphatic heterocycles. The number of anilines is 2. The fraction of sp³-hybridized carbons (Fsp3) is 0.333. The van der Waals surface area contributed by atoms with Gasteiger partial charge in [0.15, 0.2) is 0 Å². The van der Waals surface area contributed by atoms with E-state index in [1.54, 1.807) is 11.2 Å². The van der Waals surface area contributed by atoms with Crippen LogP contribution in [0, 0.1) is 0 Å². The fourth-order valence-electron chi connectivity index (χ4n) is 2.83. The van der Waals surface area contributed by atoms with Crippen molar-refractivity contribution in [3.05, 3.63) is 47.9 Å². The van der Waals surface area contributed by atoms with Crippen LogP contribution in [0.3, 0.4) is 0 Å². The lowest BCUT2D eigenvalue weighted by Crippen LogP contribution is -2.38. The summed E-state index contributed by atoms with van der Waals surface area (Å²) < 4.78 is 5.23. The molecular formula is C18H21N3O3. The third-order valence-electron chi connectivity index (χ3n) is 4.02. The second-order valence-electron chi connectivity index (χ2n) is 5.71. The van der Waals surface area contributed by atoms with Gasteiger partial charge in [0.1, 0.15) is 5.76 Å². The zero-order chi connectivity index (χ0) is 16.9. The number of hydrogen-bond acceptors (Lipinski definition) is 3. The molecule has 1 aromatic heterocycles. The van der Waals surface area contributed by atoms with Gasteiger partial charge >= 0.3 is 6.03 Å². The lowest BCUT2D eigenvalue weighted by atomic mass is 10.1. The average molecular weight is 327 g/mol. The number of fused-ring (bicyclic) bond motifs is 1. The van der Waals surface area contributed by atoms with Crippen molar-refractivity contribution in [2.45, 2.75) is 26.2 Å². The number of carbonyl (C=O) groups excluding carboxylic acids is 2. The molecule has 2 N–H and O–H groups in total. The molecule has 1 aromatic carbocycles. The van der Waals surface area contributed by atoms with E-state index in [1.807, 2.05) is 37.3 Å². The van der Waals surface area contributed by atoms with Crippen LogP contribution in [0.15, 0.2) is 41.0 Å². The van der Waals surface area contributed by atoms with Gasteiger partial charge in [-0.1, -0.05) is 6.07 Å². The van der Waals surface area contributed by atoms with Crippen LogP contribution in [0.1, 0.15) is 24.7 Å². The molecule has 0 radical (unpaired) electrons. The van der Waals surface area contributed by atoms with Crippen LogP contribution in [0.25, 0.3) is 0 Å². The normalized spacial score (nSPS) is 12.8. The number of aryl methyl sites for hydroxylation is 1. The number of hydrogen-bond donors (Lipinski definition) is 2. The molecule has 2 heterocycles. The van der Waals surface area contributed by atoms with Gasteiger partial charge in [0.2, 0.25) is 5.91 Å². The molecule has 0 fully saturated rings. The number of urea groups is 1. The molecule has 0 unspecified atom stereocenters. The van der Waals surface area contributed by atoms with Crippen molar-refractivity contribution in [3.8, 4) is 0 Å². The highest BCUT2D eigenvalue weighted by atomic mass is 16.3. The highest BCUT2D eigenvalue weighted by molar-refractivity contribution is 5.96. The molecular weight excluding hydrogens is 306 g/mol. The van der Waals surface area contributed by atoms with Gasteiger partial charge in [-0.05, 0) is 43.2 Å². The van der Waals surface area contributed by atoms with Crippen LogP contribution < -0.4 is 15.5 Å². The Morgan fingerprint density at radius 1 is 1.29 bits per heavy atom. The molecule has 3 amide bonds. The second-order valence-corrected chi connectivity index (χ2v) is 5.71. The SMILES string of the molecule is CCNC(=O)N1CCc2ccc(NC(=O)CCc3ccco3)cc21. The maximum Gasteiger partial charge on any atom is 0.321 e. The van der Waals surface area contributed by atoms with E-state index in [0.29, 0.717) is 31.6 Å². The van der Waals surface area contributed by atoms with Crippen molar-refractivity contribution in [2.24, 2.45) is 0 Å². The Balaban J connectivity index is 1.64. The van der Waals surface area contributed by atoms with Crippen LogP contribution >= 0.6 is 0 Å². The highest BCUT2D eigenvalue weighted by Gasteiger charge is 2.24. The Labute approximate surface area is 140 Å². The first kappa shape index (κ1) is 16.1. The van der Waals surface area contributed by atoms with E-state index < -0.39 is 0 Å². The summed E-state index contributed by atoms with van der Waals surface area (Å²) in [4.78, 5) is 25.9. The monoisotopic (exact) mass is 327 g/mol. The molecule has 2 aromatic rings. The van der Waals surface area contributed by atoms with E-state index in [-0.39, 0.29) is 11.9 Å². The minimum atomic E-state index is -0.0995. The van der Waals surface area contributed by atoms with E-state index >= 15 is 0 Å². The Hall–Kier alpha value is -2.76. The zero-order valence-electron chi connectivity index (χ0n) is 13.7. The number of nitrogens with zero attached hydrogens (tertiary/aromatic N) is 1. The van der Waals surface area contributed by atoms with Crippen LogP contribution in [0.2, 0.25) is 0 Å². The average Bonchev–Trinajstić information content (AvgIpc) is 3.22. The summed E-state index contributed by atoms with van der Waals surface area (Å²) in [5, 5.41) is 5.70. The number of amides is 3. The first-order valence-electron chi connectivity index (χ1n) is 8.18. The van der Waals surface area contributed by atoms with Crippen molar-refractivity contribution in [3.63, 3.8) is 0 Å². The molecule has 0 aliphatic carbocycles. The van der Waals surface area contributed by atoms with E-state index in [1.165, 1.54) is 0 Å². The number of benzene rings is 1. The lowest BCUT2D eigenvalue weighted by Gasteiger charge is -2.18. The third-order valence-corrected chi connectivity index (χ3v) is 4.02. The van der Waals surface area contributed by atoms with Crippen molar-refractivity contribution >= 4 is 23.3 Å². The molecule has 0 bridgehead atoms. The molecule has 0 saturated heterocycles. The van der Waals surface area contributed by atoms with Gasteiger partial charge in [0.25, 0.3) is 0 Å². The molecule has 1 aliphatic rings. The largest absolute Gasteiger partial charge is 0.469 e. The minimum absolute atomic E-state index is 0.0751. The molecule has 0 atom stereocenters. The summed E-state index contributed by atoms with van der Waals surface area (Å²) >= 11 is 0. The van der Waals surface area contributed by atoms with Gasteiger partial charge < -0.3 is 15.1 Å². The molecule has 3 rings (SSSR count). The topological polar surface area (TPSA) is 74.6 Å². The van der Waals surface area contributed by atoms with E-state index in [4.69, 9.17) is 4.42 Å². The molecule has 6 heteroatoms. The Bertz CT molecular complexity index is 725. The maximum absolute atomic E-state index is 12.1. The van der Waals surface area contributed by atoms with Gasteiger partial charge in [-0.2, -0.15) is 0 Å². The first-order chi connectivity index (χ1) is 11.7. The summed E-state index contributed by atoms with van der Waals surface area (Å²) in [5.41, 5.74) is 2.69. The highest BCUT2D eigenvalue weighted by Crippen LogP contribution is 2.31. The predicted molar refractivity (Wildman–Crippen MR) is 92.2 cm³/mol. The van der Waals surface area contributed by atoms with Gasteiger partial charge in [-0.25, -0.2) is 4.79 Å². The Kier molecular flexibility index (Phi) is 4.84. The third kappa shape index (κ3) is 3.59. The lowest BCUT2D eigenvalue weighted by molar-refractivity contribution is -0.116. The summed E-state index contributed by atoms with van der Waals surface area (Å²) in [7, 11) is 0. The van der Waals surface area contributed by atoms with Gasteiger partial charge in [0.05, 0.1) is 12.0 Å². The second kappa shape index (κ2) is 7.21. The van der Waals surface area contributed by atoms with Crippen LogP contribution in [0.5, 0.6) is 0 Å². The summed E-state index contributed by atoms with van der Waals surface area (Å²) in [5.74, 6) is 0.718. The predicted octanol–water partition coefficient (Wildman–Crippen LogP) is 2.94. The van der Waals surface area contributed by atoms with Crippen molar-refractivity contribution in [2.75, 3.05) is 23.3 Å². The van der Waals surface area contributed by atoms with Crippen LogP contribution in [0.4, 0.5) is 16.2 Å². The zero-order valence-corrected chi connectivity index (χ0v) is 13.7. The molecule has 24 heavy (non-hydrogen) atoms. The van der Waals surface area contributed by atoms with E-state index in [2.05, 4.69) is 10.6 Å². The van der Waals surface area contributed by atoms with E-state index in [9.17, 15) is 9.59 Å². The van der Waals surface area contributed by atoms with E-state index in [0.717, 1.165) is 23.4 Å². The fourth-order valence-corrected chi connectivity index (χ4v) is 2.83. The minimum Gasteiger partial charge on any atom is -0.469 e. The maximum atomic E-state index is 12.1. The summed E-state index contributed by atoms with van der Waals surface area (Å²) in [6, 6.07) is 9.28. The van der Waals surface area contributed by atoms with Crippen molar-refractivity contribution in [1.82, 2.24) is 5.32 Å². The smallest absolute Gasteiger partial charge is 0.321 e. The molecule has 6 nitrogen and oxygen atoms in total. The molecule has 0 spiro atoms. The number of rotatable bonds is 5. The van der Waals surface area contributed by atoms with Crippen molar-refractivity contribution in [1.29, 1.82) is 0 Å². The molecule has 126 valence electrons. The quantitative estimate of drug-likeness (QED) is 0.886. The Morgan fingerprint density at radius 3 is 2.92 bits per heavy atom. The van der Waals surface area contributed by atoms with Crippen molar-refractivity contribution < 1.29 is 14.0 Å². The molecule has 0 saturated carbocycles.